The molecule has 4 fully saturated rings. The van der Waals surface area contributed by atoms with Gasteiger partial charge in [0.1, 0.15) is 127 Å². The first-order chi connectivity index (χ1) is 42.7. The van der Waals surface area contributed by atoms with Crippen molar-refractivity contribution in [3.8, 4) is 0 Å². The minimum Gasteiger partial charge on any atom is -0.387 e. The van der Waals surface area contributed by atoms with Crippen LogP contribution >= 0.6 is 31.1 Å². The highest BCUT2D eigenvalue weighted by atomic mass is 31.2. The van der Waals surface area contributed by atoms with Gasteiger partial charge in [0.15, 0.2) is 70.8 Å². The van der Waals surface area contributed by atoms with Crippen molar-refractivity contribution in [1.29, 1.82) is 0 Å². The molecule has 45 nitrogen and oxygen atoms in total. The van der Waals surface area contributed by atoms with E-state index in [4.69, 9.17) is 73.8 Å². The number of hydrogen-bond donors (Lipinski definition) is 14. The van der Waals surface area contributed by atoms with Gasteiger partial charge in [0.05, 0.1) is 51.7 Å². The van der Waals surface area contributed by atoms with Crippen LogP contribution in [0.3, 0.4) is 0 Å². The molecule has 19 atom stereocenters. The second kappa shape index (κ2) is 24.5. The first kappa shape index (κ1) is 63.6. The monoisotopic (exact) mass is 1350 g/mol. The number of nitrogens with zero attached hydrogens (tertiary/aromatic N) is 16. The summed E-state index contributed by atoms with van der Waals surface area (Å²) < 4.78 is 119. The van der Waals surface area contributed by atoms with Crippen LogP contribution in [0.1, 0.15) is 24.9 Å². The Labute approximate surface area is 499 Å². The van der Waals surface area contributed by atoms with Gasteiger partial charge >= 0.3 is 31.1 Å². The Kier molecular flexibility index (Phi) is 17.3. The number of imidazole rings is 4. The van der Waals surface area contributed by atoms with Crippen LogP contribution in [0.5, 0.6) is 0 Å². The molecule has 3 unspecified atom stereocenters. The van der Waals surface area contributed by atoms with E-state index in [-0.39, 0.29) is 67.9 Å². The molecule has 486 valence electrons. The fourth-order valence-electron chi connectivity index (χ4n) is 10.2. The number of aliphatic hydroxyl groups excluding tert-OH is 5. The molecule has 0 aromatic carbocycles. The van der Waals surface area contributed by atoms with E-state index < -0.39 is 162 Å². The number of phosphoric ester groups is 3. The van der Waals surface area contributed by atoms with Crippen LogP contribution in [0.2, 0.25) is 0 Å². The Bertz CT molecular complexity index is 4170. The second-order valence-corrected chi connectivity index (χ2v) is 26.0. The largest absolute Gasteiger partial charge is 0.472 e. The number of aromatic nitrogens is 16. The topological polar surface area (TPSA) is 651 Å². The molecule has 8 aromatic rings. The van der Waals surface area contributed by atoms with Gasteiger partial charge in [-0.3, -0.25) is 50.0 Å². The maximum Gasteiger partial charge on any atom is 0.472 e. The third-order valence-electron chi connectivity index (χ3n) is 14.4. The first-order valence-electron chi connectivity index (χ1n) is 26.0. The van der Waals surface area contributed by atoms with Gasteiger partial charge in [0.2, 0.25) is 0 Å². The molecule has 0 aliphatic carbocycles. The summed E-state index contributed by atoms with van der Waals surface area (Å²) >= 11 is 0. The maximum atomic E-state index is 14.1. The van der Waals surface area contributed by atoms with Gasteiger partial charge in [-0.15, -0.1) is 0 Å². The molecule has 0 bridgehead atoms. The molecular formula is C41H52N20O25P4. The molecule has 4 aliphatic heterocycles. The summed E-state index contributed by atoms with van der Waals surface area (Å²) in [6, 6.07) is 0. The smallest absolute Gasteiger partial charge is 0.387 e. The average Bonchev–Trinajstić information content (AvgIpc) is 1.64. The molecule has 18 N–H and O–H groups in total. The van der Waals surface area contributed by atoms with Gasteiger partial charge in [-0.25, -0.2) is 73.5 Å². The van der Waals surface area contributed by atoms with E-state index in [0.29, 0.717) is 0 Å². The number of rotatable bonds is 23. The lowest BCUT2D eigenvalue weighted by Gasteiger charge is -2.25. The Hall–Kier alpha value is -6.52. The highest BCUT2D eigenvalue weighted by Gasteiger charge is 2.55. The van der Waals surface area contributed by atoms with Crippen LogP contribution in [0.15, 0.2) is 50.6 Å². The molecule has 12 rings (SSSR count). The van der Waals surface area contributed by atoms with Crippen LogP contribution < -0.4 is 22.9 Å². The van der Waals surface area contributed by atoms with Crippen molar-refractivity contribution in [1.82, 2.24) is 78.1 Å². The summed E-state index contributed by atoms with van der Waals surface area (Å²) in [6.07, 6.45) is -21.0. The van der Waals surface area contributed by atoms with Crippen molar-refractivity contribution in [2.75, 3.05) is 55.7 Å². The Morgan fingerprint density at radius 1 is 0.389 bits per heavy atom. The molecule has 49 heteroatoms. The molecule has 8 aromatic heterocycles. The molecule has 90 heavy (non-hydrogen) atoms. The highest BCUT2D eigenvalue weighted by Crippen LogP contribution is 2.55. The molecule has 0 radical (unpaired) electrons. The van der Waals surface area contributed by atoms with Crippen LogP contribution in [0.4, 0.5) is 23.3 Å². The van der Waals surface area contributed by atoms with Gasteiger partial charge in [0, 0.05) is 0 Å². The second-order valence-electron chi connectivity index (χ2n) is 20.2. The van der Waals surface area contributed by atoms with Crippen molar-refractivity contribution >= 4 is 99.0 Å². The zero-order chi connectivity index (χ0) is 63.9. The summed E-state index contributed by atoms with van der Waals surface area (Å²) in [5.74, 6) is -0.357. The first-order valence-corrected chi connectivity index (χ1v) is 32.3. The lowest BCUT2D eigenvalue weighted by Crippen LogP contribution is -2.37. The van der Waals surface area contributed by atoms with Gasteiger partial charge < -0.3 is 96.6 Å². The van der Waals surface area contributed by atoms with E-state index in [1.165, 1.54) is 10.9 Å². The fraction of sp³-hybridized carbons (Fsp3) is 0.512. The van der Waals surface area contributed by atoms with Crippen molar-refractivity contribution in [3.05, 3.63) is 50.6 Å². The maximum absolute atomic E-state index is 14.1. The zero-order valence-corrected chi connectivity index (χ0v) is 48.8. The van der Waals surface area contributed by atoms with Crippen LogP contribution in [-0.4, -0.2) is 234 Å². The summed E-state index contributed by atoms with van der Waals surface area (Å²) in [5, 5.41) is 57.0. The lowest BCUT2D eigenvalue weighted by molar-refractivity contribution is -0.0668. The predicted molar refractivity (Wildman–Crippen MR) is 289 cm³/mol. The van der Waals surface area contributed by atoms with Crippen molar-refractivity contribution < 1.29 is 119 Å². The highest BCUT2D eigenvalue weighted by molar-refractivity contribution is 7.51. The number of nitrogen functional groups attached to an aromatic ring is 4. The number of anilines is 4. The van der Waals surface area contributed by atoms with Crippen LogP contribution in [-0.2, 0) is 69.1 Å². The van der Waals surface area contributed by atoms with Gasteiger partial charge in [-0.2, -0.15) is 0 Å². The number of hydrogen-bond acceptors (Lipinski definition) is 36. The minimum atomic E-state index is -5.62. The summed E-state index contributed by atoms with van der Waals surface area (Å²) in [4.78, 5) is 101. The van der Waals surface area contributed by atoms with Gasteiger partial charge in [-0.1, -0.05) is 0 Å². The van der Waals surface area contributed by atoms with E-state index in [1.54, 1.807) is 0 Å². The average molecular weight is 1350 g/mol. The standard InChI is InChI=1S/C41H52N20O25P4/c42-30-18-34(50-5-46-30)58(9-54-18)38-26(66)22(62)15(80-38)2-77-88(70,71)85-28-24(64)17(82-40(28)60-11-56-20-32(44)48-7-52-36(20)60)4-79-90(74,75)86-29-25(65)16(83-41(29)61-12-57-21-33(45)49-8-53-37(21)61)3-78-89(72,73)84-27-23(63)14(1-76-13-87(67,68)69)81-39(27)59-10-55-19-31(43)47-6-51-35(19)59/h5-12,14-17,22-29,38-41,62-66H,1-4,13H2,(H,70,71)(H,72,73)(H,74,75)(H2,42,46,50)(H2,43,47,51)(H2,44,48,52)(H2,45,49,53)(H2,67,68,69)/t14-,15-,16-,17-,22-,23-,24-,25-,26-,27-,28-,29-,38-,39-,40-,41-/m1/s1. The number of phosphoric acid groups is 3. The van der Waals surface area contributed by atoms with E-state index in [9.17, 15) is 68.3 Å². The van der Waals surface area contributed by atoms with Gasteiger partial charge in [0.25, 0.3) is 0 Å². The molecule has 4 saturated heterocycles. The van der Waals surface area contributed by atoms with E-state index in [0.717, 1.165) is 58.0 Å². The quantitative estimate of drug-likeness (QED) is 0.0270. The van der Waals surface area contributed by atoms with Crippen molar-refractivity contribution in [3.63, 3.8) is 0 Å². The Morgan fingerprint density at radius 3 is 0.978 bits per heavy atom. The number of nitrogens with two attached hydrogens (primary N) is 4. The zero-order valence-electron chi connectivity index (χ0n) is 45.2. The Morgan fingerprint density at radius 2 is 0.667 bits per heavy atom. The normalized spacial score (nSPS) is 31.1. The van der Waals surface area contributed by atoms with Crippen molar-refractivity contribution in [2.24, 2.45) is 0 Å². The number of aliphatic hydroxyl groups is 5. The third-order valence-corrected chi connectivity index (χ3v) is 17.9. The van der Waals surface area contributed by atoms with Crippen molar-refractivity contribution in [2.45, 2.75) is 98.2 Å². The summed E-state index contributed by atoms with van der Waals surface area (Å²) in [7, 11) is -21.3. The number of ether oxygens (including phenoxy) is 5. The molecule has 0 spiro atoms. The van der Waals surface area contributed by atoms with E-state index >= 15 is 0 Å². The molecule has 12 heterocycles. The summed E-state index contributed by atoms with van der Waals surface area (Å²) in [6.45, 7) is -3.85. The van der Waals surface area contributed by atoms with Gasteiger partial charge in [-0.05, 0) is 0 Å². The molecule has 4 aliphatic rings. The summed E-state index contributed by atoms with van der Waals surface area (Å²) in [5.41, 5.74) is 23.9. The lowest BCUT2D eigenvalue weighted by atomic mass is 10.1. The van der Waals surface area contributed by atoms with Crippen LogP contribution in [0.25, 0.3) is 44.7 Å². The minimum absolute atomic E-state index is 0.00296. The SMILES string of the molecule is Nc1ncnc2c1ncn2[C@@H]1O[C@H](COP(=O)(O)O[C@@H]2[C@H](O)[C@@H](COP(=O)(O)O[C@@H]3[C@H](O)[C@@H](COP(=O)(O)O[C@@H]4[C@H](O)[C@@H](COCP(=O)(O)O)O[C@H]4n4cnc5c(N)ncnc54)O[C@H]3n3cnc4c(N)ncnc43)O[C@H]2n2cnc3c(N)ncnc32)[C@@H](O)[C@H]1O. The van der Waals surface area contributed by atoms with Crippen LogP contribution in [0, 0.1) is 0 Å². The van der Waals surface area contributed by atoms with E-state index in [2.05, 4.69) is 59.8 Å². The molecular weight excluding hydrogens is 1300 g/mol. The third kappa shape index (κ3) is 12.5. The van der Waals surface area contributed by atoms with E-state index in [1.807, 2.05) is 0 Å². The Balaban J connectivity index is 0.749. The predicted octanol–water partition coefficient (Wildman–Crippen LogP) is -4.27. The fourth-order valence-corrected chi connectivity index (χ4v) is 13.4. The number of fused-ring (bicyclic) bond motifs is 4. The molecule has 0 amide bonds. The molecule has 0 saturated carbocycles.